The van der Waals surface area contributed by atoms with E-state index in [1.807, 2.05) is 0 Å². The molecule has 0 bridgehead atoms. The quantitative estimate of drug-likeness (QED) is 0.881. The Balaban J connectivity index is 1.45. The van der Waals surface area contributed by atoms with Crippen LogP contribution in [0.4, 0.5) is 6.01 Å². The van der Waals surface area contributed by atoms with Crippen LogP contribution in [-0.4, -0.2) is 28.9 Å². The maximum atomic E-state index is 6.01. The van der Waals surface area contributed by atoms with E-state index >= 15 is 0 Å². The minimum atomic E-state index is 0.311. The van der Waals surface area contributed by atoms with Crippen LogP contribution in [0.1, 0.15) is 25.7 Å². The molecule has 0 radical (unpaired) electrons. The normalized spacial score (nSPS) is 24.6. The van der Waals surface area contributed by atoms with E-state index in [1.165, 1.54) is 12.8 Å². The van der Waals surface area contributed by atoms with Crippen molar-refractivity contribution in [1.29, 1.82) is 0 Å². The SMILES string of the molecule is Clc1cc(Cl)cc(-c2noc(NC3CCOC(C4CC4)C3)n2)c1. The zero-order valence-electron chi connectivity index (χ0n) is 12.5. The first-order valence-corrected chi connectivity index (χ1v) is 8.61. The second-order valence-electron chi connectivity index (χ2n) is 6.19. The van der Waals surface area contributed by atoms with E-state index in [9.17, 15) is 0 Å². The van der Waals surface area contributed by atoms with Gasteiger partial charge in [-0.15, -0.1) is 0 Å². The minimum Gasteiger partial charge on any atom is -0.378 e. The zero-order valence-corrected chi connectivity index (χ0v) is 14.0. The highest BCUT2D eigenvalue weighted by Crippen LogP contribution is 2.38. The number of nitrogens with zero attached hydrogens (tertiary/aromatic N) is 2. The van der Waals surface area contributed by atoms with Gasteiger partial charge in [-0.1, -0.05) is 28.4 Å². The van der Waals surface area contributed by atoms with Gasteiger partial charge in [0.2, 0.25) is 5.82 Å². The van der Waals surface area contributed by atoms with E-state index < -0.39 is 0 Å². The molecule has 0 spiro atoms. The standard InChI is InChI=1S/C16H17Cl2N3O2/c17-11-5-10(6-12(18)7-11)15-20-16(23-21-15)19-13-3-4-22-14(8-13)9-1-2-9/h5-7,9,13-14H,1-4,8H2,(H,19,20,21). The summed E-state index contributed by atoms with van der Waals surface area (Å²) in [7, 11) is 0. The summed E-state index contributed by atoms with van der Waals surface area (Å²) in [6, 6.07) is 5.94. The molecule has 2 unspecified atom stereocenters. The number of hydrogen-bond acceptors (Lipinski definition) is 5. The van der Waals surface area contributed by atoms with Gasteiger partial charge >= 0.3 is 6.01 Å². The number of anilines is 1. The molecule has 2 fully saturated rings. The molecule has 1 saturated heterocycles. The molecule has 2 atom stereocenters. The van der Waals surface area contributed by atoms with E-state index in [-0.39, 0.29) is 0 Å². The first kappa shape index (κ1) is 15.2. The minimum absolute atomic E-state index is 0.311. The summed E-state index contributed by atoms with van der Waals surface area (Å²) in [5.74, 6) is 1.22. The molecule has 5 nitrogen and oxygen atoms in total. The van der Waals surface area contributed by atoms with Crippen LogP contribution in [0.25, 0.3) is 11.4 Å². The van der Waals surface area contributed by atoms with Gasteiger partial charge in [0.15, 0.2) is 0 Å². The average molecular weight is 354 g/mol. The maximum absolute atomic E-state index is 6.01. The Bertz CT molecular complexity index is 682. The van der Waals surface area contributed by atoms with Crippen molar-refractivity contribution in [1.82, 2.24) is 10.1 Å². The Kier molecular flexibility index (Phi) is 4.18. The molecular weight excluding hydrogens is 337 g/mol. The van der Waals surface area contributed by atoms with Crippen molar-refractivity contribution in [2.24, 2.45) is 5.92 Å². The Morgan fingerprint density at radius 3 is 2.61 bits per heavy atom. The van der Waals surface area contributed by atoms with Crippen molar-refractivity contribution in [2.75, 3.05) is 11.9 Å². The average Bonchev–Trinajstić information content (AvgIpc) is 3.27. The smallest absolute Gasteiger partial charge is 0.322 e. The van der Waals surface area contributed by atoms with Crippen LogP contribution in [0.15, 0.2) is 22.7 Å². The lowest BCUT2D eigenvalue weighted by Gasteiger charge is -2.29. The lowest BCUT2D eigenvalue weighted by atomic mass is 10.0. The Morgan fingerprint density at radius 2 is 1.87 bits per heavy atom. The van der Waals surface area contributed by atoms with Gasteiger partial charge in [-0.25, -0.2) is 0 Å². The van der Waals surface area contributed by atoms with Crippen molar-refractivity contribution in [3.8, 4) is 11.4 Å². The van der Waals surface area contributed by atoms with E-state index in [0.29, 0.717) is 34.0 Å². The summed E-state index contributed by atoms with van der Waals surface area (Å²) < 4.78 is 11.1. The molecule has 7 heteroatoms. The Labute approximate surface area is 144 Å². The molecule has 1 saturated carbocycles. The molecule has 122 valence electrons. The van der Waals surface area contributed by atoms with Crippen molar-refractivity contribution in [3.05, 3.63) is 28.2 Å². The number of ether oxygens (including phenoxy) is 1. The van der Waals surface area contributed by atoms with Crippen LogP contribution in [0, 0.1) is 5.92 Å². The predicted octanol–water partition coefficient (Wildman–Crippen LogP) is 4.41. The van der Waals surface area contributed by atoms with Crippen LogP contribution < -0.4 is 5.32 Å². The summed E-state index contributed by atoms with van der Waals surface area (Å²) >= 11 is 12.0. The van der Waals surface area contributed by atoms with Crippen LogP contribution in [-0.2, 0) is 4.74 Å². The van der Waals surface area contributed by atoms with Gasteiger partial charge in [-0.2, -0.15) is 4.98 Å². The molecule has 0 amide bonds. The molecule has 23 heavy (non-hydrogen) atoms. The lowest BCUT2D eigenvalue weighted by Crippen LogP contribution is -2.35. The summed E-state index contributed by atoms with van der Waals surface area (Å²) in [4.78, 5) is 4.40. The van der Waals surface area contributed by atoms with Gasteiger partial charge in [0.05, 0.1) is 6.10 Å². The largest absolute Gasteiger partial charge is 0.378 e. The van der Waals surface area contributed by atoms with E-state index in [4.69, 9.17) is 32.5 Å². The van der Waals surface area contributed by atoms with Gasteiger partial charge in [0.1, 0.15) is 0 Å². The van der Waals surface area contributed by atoms with E-state index in [2.05, 4.69) is 15.5 Å². The second-order valence-corrected chi connectivity index (χ2v) is 7.07. The summed E-state index contributed by atoms with van der Waals surface area (Å²) in [5.41, 5.74) is 0.738. The van der Waals surface area contributed by atoms with Gasteiger partial charge in [-0.3, -0.25) is 0 Å². The second kappa shape index (κ2) is 6.30. The fourth-order valence-corrected chi connectivity index (χ4v) is 3.54. The van der Waals surface area contributed by atoms with Crippen molar-refractivity contribution < 1.29 is 9.26 Å². The number of nitrogens with one attached hydrogen (secondary N) is 1. The molecule has 1 aliphatic carbocycles. The summed E-state index contributed by atoms with van der Waals surface area (Å²) in [6.07, 6.45) is 4.89. The number of aromatic nitrogens is 2. The molecule has 2 heterocycles. The maximum Gasteiger partial charge on any atom is 0.322 e. The Hall–Kier alpha value is -1.30. The third-order valence-corrected chi connectivity index (χ3v) is 4.77. The van der Waals surface area contributed by atoms with E-state index in [1.54, 1.807) is 18.2 Å². The topological polar surface area (TPSA) is 60.2 Å². The third kappa shape index (κ3) is 3.62. The van der Waals surface area contributed by atoms with Crippen molar-refractivity contribution in [3.63, 3.8) is 0 Å². The lowest BCUT2D eigenvalue weighted by molar-refractivity contribution is -0.00253. The van der Waals surface area contributed by atoms with Gasteiger partial charge in [0, 0.05) is 28.3 Å². The van der Waals surface area contributed by atoms with E-state index in [0.717, 1.165) is 30.9 Å². The van der Waals surface area contributed by atoms with Crippen molar-refractivity contribution in [2.45, 2.75) is 37.8 Å². The molecule has 1 aromatic carbocycles. The Morgan fingerprint density at radius 1 is 1.09 bits per heavy atom. The molecule has 2 aliphatic rings. The molecular formula is C16H17Cl2N3O2. The highest BCUT2D eigenvalue weighted by atomic mass is 35.5. The predicted molar refractivity (Wildman–Crippen MR) is 88.9 cm³/mol. The van der Waals surface area contributed by atoms with Crippen LogP contribution in [0.5, 0.6) is 0 Å². The van der Waals surface area contributed by atoms with Gasteiger partial charge < -0.3 is 14.6 Å². The number of halogens is 2. The van der Waals surface area contributed by atoms with Gasteiger partial charge in [0.25, 0.3) is 0 Å². The monoisotopic (exact) mass is 353 g/mol. The first-order valence-electron chi connectivity index (χ1n) is 7.86. The number of benzene rings is 1. The zero-order chi connectivity index (χ0) is 15.8. The van der Waals surface area contributed by atoms with Crippen LogP contribution in [0.2, 0.25) is 10.0 Å². The number of hydrogen-bond donors (Lipinski definition) is 1. The van der Waals surface area contributed by atoms with Gasteiger partial charge in [-0.05, 0) is 49.8 Å². The fourth-order valence-electron chi connectivity index (χ4n) is 3.01. The number of rotatable bonds is 4. The highest BCUT2D eigenvalue weighted by molar-refractivity contribution is 6.35. The molecule has 1 aliphatic heterocycles. The fraction of sp³-hybridized carbons (Fsp3) is 0.500. The van der Waals surface area contributed by atoms with Crippen molar-refractivity contribution >= 4 is 29.2 Å². The summed E-state index contributed by atoms with van der Waals surface area (Å²) in [5, 5.41) is 8.42. The molecule has 2 aromatic rings. The highest BCUT2D eigenvalue weighted by Gasteiger charge is 2.36. The molecule has 4 rings (SSSR count). The third-order valence-electron chi connectivity index (χ3n) is 4.34. The van der Waals surface area contributed by atoms with Crippen LogP contribution >= 0.6 is 23.2 Å². The van der Waals surface area contributed by atoms with Crippen LogP contribution in [0.3, 0.4) is 0 Å². The summed E-state index contributed by atoms with van der Waals surface area (Å²) in [6.45, 7) is 0.781. The first-order chi connectivity index (χ1) is 11.2. The molecule has 1 aromatic heterocycles. The molecule has 1 N–H and O–H groups in total.